The van der Waals surface area contributed by atoms with Crippen LogP contribution in [0.5, 0.6) is 11.5 Å². The van der Waals surface area contributed by atoms with Crippen LogP contribution < -0.4 is 9.47 Å². The van der Waals surface area contributed by atoms with E-state index < -0.39 is 18.5 Å². The van der Waals surface area contributed by atoms with Gasteiger partial charge in [-0.3, -0.25) is 9.59 Å². The highest BCUT2D eigenvalue weighted by Gasteiger charge is 2.49. The summed E-state index contributed by atoms with van der Waals surface area (Å²) in [4.78, 5) is 41.4. The molecule has 8 nitrogen and oxygen atoms in total. The molecule has 0 saturated carbocycles. The molecule has 218 valence electrons. The zero-order valence-corrected chi connectivity index (χ0v) is 25.9. The van der Waals surface area contributed by atoms with Crippen LogP contribution in [0.4, 0.5) is 0 Å². The molecule has 0 saturated heterocycles. The number of carbonyl (C=O) groups excluding carboxylic acids is 2. The number of aliphatic carboxylic acids is 1. The van der Waals surface area contributed by atoms with Gasteiger partial charge in [-0.1, -0.05) is 27.7 Å². The van der Waals surface area contributed by atoms with Crippen LogP contribution in [-0.4, -0.2) is 61.0 Å². The average molecular weight is 619 g/mol. The maximum absolute atomic E-state index is 14.0. The Labute approximate surface area is 244 Å². The highest BCUT2D eigenvalue weighted by atomic mass is 79.9. The van der Waals surface area contributed by atoms with Gasteiger partial charge in [-0.05, 0) is 70.6 Å². The summed E-state index contributed by atoms with van der Waals surface area (Å²) >= 11 is 3.56. The van der Waals surface area contributed by atoms with E-state index in [0.717, 1.165) is 36.2 Å². The Kier molecular flexibility index (Phi) is 8.85. The molecule has 3 aliphatic rings. The molecule has 40 heavy (non-hydrogen) atoms. The van der Waals surface area contributed by atoms with Crippen LogP contribution in [0.25, 0.3) is 0 Å². The lowest BCUT2D eigenvalue weighted by Crippen LogP contribution is -2.44. The van der Waals surface area contributed by atoms with E-state index in [0.29, 0.717) is 54.0 Å². The largest absolute Gasteiger partial charge is 0.490 e. The van der Waals surface area contributed by atoms with Crippen molar-refractivity contribution in [2.75, 3.05) is 33.5 Å². The van der Waals surface area contributed by atoms with Gasteiger partial charge in [-0.2, -0.15) is 0 Å². The number of carbonyl (C=O) groups is 3. The van der Waals surface area contributed by atoms with Crippen LogP contribution >= 0.6 is 15.9 Å². The van der Waals surface area contributed by atoms with Gasteiger partial charge in [-0.25, -0.2) is 4.79 Å². The Morgan fingerprint density at radius 1 is 1.00 bits per heavy atom. The summed E-state index contributed by atoms with van der Waals surface area (Å²) in [6, 6.07) is 3.63. The molecule has 0 atom stereocenters. The molecule has 0 spiro atoms. The van der Waals surface area contributed by atoms with Crippen molar-refractivity contribution in [1.82, 2.24) is 4.90 Å². The van der Waals surface area contributed by atoms with Crippen LogP contribution in [0.15, 0.2) is 39.1 Å². The number of allylic oxidation sites excluding steroid dienone is 4. The second-order valence-corrected chi connectivity index (χ2v) is 13.3. The molecule has 0 radical (unpaired) electrons. The molecule has 1 aromatic carbocycles. The molecule has 9 heteroatoms. The third-order valence-electron chi connectivity index (χ3n) is 7.76. The molecule has 1 N–H and O–H groups in total. The number of carboxylic acids is 1. The van der Waals surface area contributed by atoms with Crippen molar-refractivity contribution in [3.63, 3.8) is 0 Å². The third kappa shape index (κ3) is 6.15. The zero-order valence-electron chi connectivity index (χ0n) is 24.3. The first kappa shape index (κ1) is 30.3. The lowest BCUT2D eigenvalue weighted by Gasteiger charge is -2.49. The first-order valence-electron chi connectivity index (χ1n) is 13.9. The van der Waals surface area contributed by atoms with E-state index in [9.17, 15) is 14.4 Å². The number of ether oxygens (including phenoxy) is 3. The number of carboxylic acid groups (broad SMARTS) is 1. The fraction of sp³-hybridized carbons (Fsp3) is 0.581. The number of halogens is 1. The predicted octanol–water partition coefficient (Wildman–Crippen LogP) is 6.03. The van der Waals surface area contributed by atoms with Gasteiger partial charge in [0, 0.05) is 61.6 Å². The van der Waals surface area contributed by atoms with Crippen molar-refractivity contribution < 1.29 is 33.7 Å². The summed E-state index contributed by atoms with van der Waals surface area (Å²) in [6.07, 6.45) is 3.02. The van der Waals surface area contributed by atoms with Crippen LogP contribution in [0, 0.1) is 10.8 Å². The molecule has 1 aliphatic heterocycles. The molecular weight excluding hydrogens is 578 g/mol. The van der Waals surface area contributed by atoms with Gasteiger partial charge in [0.2, 0.25) is 0 Å². The molecule has 0 amide bonds. The van der Waals surface area contributed by atoms with Gasteiger partial charge >= 0.3 is 5.97 Å². The van der Waals surface area contributed by atoms with E-state index in [2.05, 4.69) is 48.5 Å². The van der Waals surface area contributed by atoms with E-state index in [1.807, 2.05) is 13.0 Å². The number of benzene rings is 1. The van der Waals surface area contributed by atoms with Gasteiger partial charge in [0.25, 0.3) is 0 Å². The average Bonchev–Trinajstić information content (AvgIpc) is 2.82. The van der Waals surface area contributed by atoms with Gasteiger partial charge in [0.15, 0.2) is 29.7 Å². The predicted molar refractivity (Wildman–Crippen MR) is 154 cm³/mol. The van der Waals surface area contributed by atoms with Crippen LogP contribution in [-0.2, 0) is 19.1 Å². The Morgan fingerprint density at radius 3 is 2.08 bits per heavy atom. The van der Waals surface area contributed by atoms with E-state index in [-0.39, 0.29) is 28.1 Å². The smallest absolute Gasteiger partial charge is 0.341 e. The number of Topliss-reactive ketones (excluding diaryl/α,β-unsaturated/α-hetero) is 2. The van der Waals surface area contributed by atoms with Crippen molar-refractivity contribution in [3.8, 4) is 11.5 Å². The summed E-state index contributed by atoms with van der Waals surface area (Å²) in [6.45, 7) is 11.4. The topological polar surface area (TPSA) is 102 Å². The van der Waals surface area contributed by atoms with Crippen molar-refractivity contribution in [2.24, 2.45) is 10.8 Å². The zero-order chi connectivity index (χ0) is 29.4. The molecule has 0 unspecified atom stereocenters. The van der Waals surface area contributed by atoms with Crippen molar-refractivity contribution >= 4 is 33.5 Å². The van der Waals surface area contributed by atoms with E-state index in [1.165, 1.54) is 0 Å². The number of hydrogen-bond acceptors (Lipinski definition) is 7. The molecule has 0 bridgehead atoms. The summed E-state index contributed by atoms with van der Waals surface area (Å²) in [5.74, 6) is -0.891. The molecule has 4 rings (SSSR count). The quantitative estimate of drug-likeness (QED) is 0.317. The highest BCUT2D eigenvalue weighted by molar-refractivity contribution is 9.10. The highest BCUT2D eigenvalue weighted by Crippen LogP contribution is 2.55. The summed E-state index contributed by atoms with van der Waals surface area (Å²) < 4.78 is 17.3. The lowest BCUT2D eigenvalue weighted by atomic mass is 9.63. The van der Waals surface area contributed by atoms with Gasteiger partial charge in [-0.15, -0.1) is 0 Å². The number of nitrogens with zero attached hydrogens (tertiary/aromatic N) is 1. The number of rotatable bonds is 10. The Balaban J connectivity index is 1.96. The van der Waals surface area contributed by atoms with Crippen LogP contribution in [0.2, 0.25) is 0 Å². The molecule has 2 aliphatic carbocycles. The van der Waals surface area contributed by atoms with Gasteiger partial charge < -0.3 is 24.2 Å². The van der Waals surface area contributed by atoms with Crippen molar-refractivity contribution in [1.29, 1.82) is 0 Å². The summed E-state index contributed by atoms with van der Waals surface area (Å²) in [5.41, 5.74) is 3.67. The lowest BCUT2D eigenvalue weighted by molar-refractivity contribution is -0.139. The third-order valence-corrected chi connectivity index (χ3v) is 8.35. The maximum atomic E-state index is 14.0. The minimum absolute atomic E-state index is 0.0532. The van der Waals surface area contributed by atoms with E-state index in [4.69, 9.17) is 19.3 Å². The second kappa shape index (κ2) is 11.7. The maximum Gasteiger partial charge on any atom is 0.341 e. The Morgan fingerprint density at radius 2 is 1.57 bits per heavy atom. The Bertz CT molecular complexity index is 1220. The number of methoxy groups -OCH3 is 1. The molecular formula is C31H40BrNO7. The molecule has 0 aromatic heterocycles. The van der Waals surface area contributed by atoms with Gasteiger partial charge in [0.05, 0.1) is 11.1 Å². The Hall–Kier alpha value is -2.65. The minimum Gasteiger partial charge on any atom is -0.490 e. The second-order valence-electron chi connectivity index (χ2n) is 12.5. The van der Waals surface area contributed by atoms with Crippen molar-refractivity contribution in [2.45, 2.75) is 72.6 Å². The van der Waals surface area contributed by atoms with E-state index >= 15 is 0 Å². The van der Waals surface area contributed by atoms with Crippen LogP contribution in [0.1, 0.15) is 78.2 Å². The van der Waals surface area contributed by atoms with E-state index in [1.54, 1.807) is 13.2 Å². The minimum atomic E-state index is -1.10. The van der Waals surface area contributed by atoms with Crippen molar-refractivity contribution in [3.05, 3.63) is 44.7 Å². The first-order chi connectivity index (χ1) is 18.8. The molecule has 0 fully saturated rings. The molecule has 1 aromatic rings. The normalized spacial score (nSPS) is 20.4. The first-order valence-corrected chi connectivity index (χ1v) is 14.7. The SMILES string of the molecule is CCOc1cc(C2C3=C(CC(C)(C)CC3=O)N(CCCOC)C3=C2C(=O)CC(C)(C)C3)cc(Br)c1OCC(=O)O. The number of ketones is 2. The monoisotopic (exact) mass is 617 g/mol. The summed E-state index contributed by atoms with van der Waals surface area (Å²) in [7, 11) is 1.68. The standard InChI is InChI=1S/C31H40BrNO7/c1-7-39-24-12-18(11-19(32)29(24)40-17-25(36)37)26-27-20(13-30(2,3)15-22(27)34)33(9-8-10-38-6)21-14-31(4,5)16-23(35)28(21)26/h11-12,26H,7-10,13-17H2,1-6H3,(H,36,37). The fourth-order valence-corrected chi connectivity index (χ4v) is 6.88. The summed E-state index contributed by atoms with van der Waals surface area (Å²) in [5, 5.41) is 9.17. The molecule has 1 heterocycles. The fourth-order valence-electron chi connectivity index (χ4n) is 6.31. The van der Waals surface area contributed by atoms with Gasteiger partial charge in [0.1, 0.15) is 0 Å². The number of hydrogen-bond donors (Lipinski definition) is 1. The van der Waals surface area contributed by atoms with Crippen LogP contribution in [0.3, 0.4) is 0 Å².